The van der Waals surface area contributed by atoms with Crippen molar-refractivity contribution in [2.24, 2.45) is 35.5 Å². The van der Waals surface area contributed by atoms with Crippen LogP contribution in [-0.2, 0) is 4.57 Å². The van der Waals surface area contributed by atoms with Gasteiger partial charge in [-0.05, 0) is 61.2 Å². The third-order valence-electron chi connectivity index (χ3n) is 9.46. The molecule has 0 saturated heterocycles. The fourth-order valence-corrected chi connectivity index (χ4v) is 17.4. The summed E-state index contributed by atoms with van der Waals surface area (Å²) in [6, 6.07) is 21.2. The molecule has 8 bridgehead atoms. The topological polar surface area (TPSA) is 17.1 Å². The first-order chi connectivity index (χ1) is 13.2. The van der Waals surface area contributed by atoms with E-state index in [0.717, 1.165) is 34.3 Å². The minimum absolute atomic E-state index is 0.0183. The Hall–Kier alpha value is -0.600. The van der Waals surface area contributed by atoms with Crippen molar-refractivity contribution in [1.29, 1.82) is 0 Å². The lowest BCUT2D eigenvalue weighted by Gasteiger charge is -2.56. The van der Waals surface area contributed by atoms with Crippen molar-refractivity contribution in [3.8, 4) is 0 Å². The molecule has 6 saturated carbocycles. The lowest BCUT2D eigenvalue weighted by molar-refractivity contribution is 0.213. The second-order valence-corrected chi connectivity index (χ2v) is 14.4. The number of hydrogen-bond donors (Lipinski definition) is 0. The lowest BCUT2D eigenvalue weighted by atomic mass is 9.70. The summed E-state index contributed by atoms with van der Waals surface area (Å²) >= 11 is 2.88. The van der Waals surface area contributed by atoms with Crippen molar-refractivity contribution in [2.45, 2.75) is 34.3 Å². The summed E-state index contributed by atoms with van der Waals surface area (Å²) in [5, 5.41) is 2.26. The Kier molecular flexibility index (Phi) is 2.96. The van der Waals surface area contributed by atoms with Crippen LogP contribution in [-0.4, -0.2) is 8.58 Å². The molecule has 8 atom stereocenters. The average Bonchev–Trinajstić information content (AvgIpc) is 3.49. The van der Waals surface area contributed by atoms with Crippen LogP contribution in [0.3, 0.4) is 0 Å². The van der Waals surface area contributed by atoms with Crippen LogP contribution in [0.1, 0.15) is 25.7 Å². The Balaban J connectivity index is 1.59. The molecule has 27 heavy (non-hydrogen) atoms. The lowest BCUT2D eigenvalue weighted by Crippen LogP contribution is -2.60. The Morgan fingerprint density at radius 3 is 1.56 bits per heavy atom. The van der Waals surface area contributed by atoms with Gasteiger partial charge in [0.2, 0.25) is 0 Å². The zero-order chi connectivity index (χ0) is 18.0. The van der Waals surface area contributed by atoms with Gasteiger partial charge in [0, 0.05) is 14.0 Å². The van der Waals surface area contributed by atoms with Crippen LogP contribution < -0.4 is 10.6 Å². The first-order valence-corrected chi connectivity index (χ1v) is 13.4. The maximum Gasteiger partial charge on any atom is 0.150 e. The van der Waals surface area contributed by atoms with Gasteiger partial charge >= 0.3 is 0 Å². The Morgan fingerprint density at radius 1 is 0.704 bits per heavy atom. The van der Waals surface area contributed by atoms with Gasteiger partial charge in [-0.25, -0.2) is 0 Å². The van der Waals surface area contributed by atoms with Crippen molar-refractivity contribution in [2.75, 3.05) is 0 Å². The van der Waals surface area contributed by atoms with Crippen LogP contribution in [0, 0.1) is 35.5 Å². The second-order valence-electron chi connectivity index (χ2n) is 9.61. The third kappa shape index (κ3) is 1.41. The van der Waals surface area contributed by atoms with Gasteiger partial charge < -0.3 is 4.57 Å². The number of benzene rings is 2. The summed E-state index contributed by atoms with van der Waals surface area (Å²) in [4.78, 5) is 0. The van der Waals surface area contributed by atoms with Gasteiger partial charge in [0.1, 0.15) is 0 Å². The molecule has 138 valence electrons. The number of halogens is 1. The van der Waals surface area contributed by atoms with Crippen LogP contribution in [0.5, 0.6) is 0 Å². The van der Waals surface area contributed by atoms with Crippen molar-refractivity contribution >= 4 is 40.3 Å². The first-order valence-electron chi connectivity index (χ1n) is 10.6. The highest BCUT2D eigenvalue weighted by atomic mass is 127. The van der Waals surface area contributed by atoms with Crippen molar-refractivity contribution in [1.82, 2.24) is 0 Å². The molecule has 0 amide bonds. The molecule has 0 aliphatic heterocycles. The highest BCUT2D eigenvalue weighted by Gasteiger charge is 2.93. The highest BCUT2D eigenvalue weighted by Crippen LogP contribution is 2.95. The van der Waals surface area contributed by atoms with Crippen LogP contribution in [0.15, 0.2) is 60.7 Å². The molecule has 2 aromatic carbocycles. The first kappa shape index (κ1) is 16.2. The smallest absolute Gasteiger partial charge is 0.150 e. The summed E-state index contributed by atoms with van der Waals surface area (Å²) in [5.74, 6) is 4.79. The molecule has 2 unspecified atom stereocenters. The summed E-state index contributed by atoms with van der Waals surface area (Å²) in [5.41, 5.74) is 0. The van der Waals surface area contributed by atoms with Crippen LogP contribution in [0.4, 0.5) is 0 Å². The van der Waals surface area contributed by atoms with Crippen molar-refractivity contribution in [3.63, 3.8) is 0 Å². The zero-order valence-electron chi connectivity index (χ0n) is 15.3. The summed E-state index contributed by atoms with van der Waals surface area (Å²) in [6.45, 7) is 0. The molecule has 0 heterocycles. The molecule has 6 aliphatic carbocycles. The fourth-order valence-electron chi connectivity index (χ4n) is 9.40. The molecule has 0 N–H and O–H groups in total. The zero-order valence-corrected chi connectivity index (χ0v) is 18.4. The minimum Gasteiger partial charge on any atom is -0.313 e. The maximum atomic E-state index is 15.6. The van der Waals surface area contributed by atoms with Crippen LogP contribution >= 0.6 is 29.7 Å². The van der Waals surface area contributed by atoms with Crippen molar-refractivity contribution < 1.29 is 4.57 Å². The van der Waals surface area contributed by atoms with Gasteiger partial charge in [0.15, 0.2) is 7.14 Å². The van der Waals surface area contributed by atoms with E-state index in [1.807, 2.05) is 0 Å². The molecule has 6 fully saturated rings. The van der Waals surface area contributed by atoms with Gasteiger partial charge in [-0.15, -0.1) is 0 Å². The molecule has 3 heteroatoms. The fraction of sp³-hybridized carbons (Fsp3) is 0.500. The van der Waals surface area contributed by atoms with E-state index in [-0.39, 0.29) is 8.58 Å². The Bertz CT molecular complexity index is 916. The standard InChI is InChI=1S/C24H24IOP/c25-23-17-11-13-19-21(17)22-18(23)12-14-20(22)24(19,23)27(26,15-7-3-1-4-8-15)16-9-5-2-6-10-16/h1-10,17-22H,11-14H2/t17-,18+,19+,20-,21-,22+,23?,24?. The molecule has 0 aromatic heterocycles. The van der Waals surface area contributed by atoms with Crippen LogP contribution in [0.2, 0.25) is 0 Å². The number of rotatable bonds is 3. The Morgan fingerprint density at radius 2 is 1.11 bits per heavy atom. The van der Waals surface area contributed by atoms with Crippen LogP contribution in [0.25, 0.3) is 0 Å². The van der Waals surface area contributed by atoms with Gasteiger partial charge in [0.05, 0.1) is 5.16 Å². The number of hydrogen-bond acceptors (Lipinski definition) is 1. The van der Waals surface area contributed by atoms with E-state index in [0.29, 0.717) is 11.8 Å². The average molecular weight is 486 g/mol. The summed E-state index contributed by atoms with van der Waals surface area (Å²) in [6.07, 6.45) is 5.43. The molecule has 0 spiro atoms. The van der Waals surface area contributed by atoms with E-state index in [1.54, 1.807) is 0 Å². The van der Waals surface area contributed by atoms with E-state index in [9.17, 15) is 0 Å². The molecule has 6 aliphatic rings. The molecular formula is C24H24IOP. The molecule has 2 aromatic rings. The van der Waals surface area contributed by atoms with E-state index in [1.165, 1.54) is 25.7 Å². The molecule has 1 nitrogen and oxygen atoms in total. The predicted molar refractivity (Wildman–Crippen MR) is 119 cm³/mol. The van der Waals surface area contributed by atoms with E-state index in [2.05, 4.69) is 83.3 Å². The SMILES string of the molecule is O=P(c1ccccc1)(c1ccccc1)C12[C@@H]3CC[C@H]4[C@@H]3[C@@H]3[C@@H](CC[C@@H]31)C42I. The summed E-state index contributed by atoms with van der Waals surface area (Å²) < 4.78 is 15.9. The van der Waals surface area contributed by atoms with Gasteiger partial charge in [-0.1, -0.05) is 83.3 Å². The quantitative estimate of drug-likeness (QED) is 0.330. The van der Waals surface area contributed by atoms with E-state index < -0.39 is 7.14 Å². The normalized spacial score (nSPS) is 48.0. The predicted octanol–water partition coefficient (Wildman–Crippen LogP) is 5.24. The van der Waals surface area contributed by atoms with Gasteiger partial charge in [-0.2, -0.15) is 0 Å². The van der Waals surface area contributed by atoms with Crippen molar-refractivity contribution in [3.05, 3.63) is 60.7 Å². The van der Waals surface area contributed by atoms with E-state index in [4.69, 9.17) is 0 Å². The van der Waals surface area contributed by atoms with Gasteiger partial charge in [0.25, 0.3) is 0 Å². The highest BCUT2D eigenvalue weighted by molar-refractivity contribution is 14.1. The van der Waals surface area contributed by atoms with E-state index >= 15 is 4.57 Å². The Labute approximate surface area is 174 Å². The monoisotopic (exact) mass is 486 g/mol. The molecular weight excluding hydrogens is 462 g/mol. The second kappa shape index (κ2) is 4.93. The van der Waals surface area contributed by atoms with Gasteiger partial charge in [-0.3, -0.25) is 0 Å². The maximum absolute atomic E-state index is 15.6. The largest absolute Gasteiger partial charge is 0.313 e. The number of alkyl halides is 1. The summed E-state index contributed by atoms with van der Waals surface area (Å²) in [7, 11) is -2.73. The molecule has 0 radical (unpaired) electrons. The third-order valence-corrected chi connectivity index (χ3v) is 16.5. The minimum atomic E-state index is -2.73. The molecule has 8 rings (SSSR count).